The van der Waals surface area contributed by atoms with Crippen LogP contribution in [-0.4, -0.2) is 16.2 Å². The standard InChI is InChI=1S/C13H14N4/c1-2-12-7-8-15-13(17-12)11-5-3-10(4-6-11)9-16-14/h3-9H,2,14H2,1H3. The number of hydrogen-bond acceptors (Lipinski definition) is 4. The highest BCUT2D eigenvalue weighted by Gasteiger charge is 2.01. The first kappa shape index (κ1) is 11.3. The molecule has 0 radical (unpaired) electrons. The SMILES string of the molecule is CCc1ccnc(-c2ccc(C=NN)cc2)n1. The molecule has 1 aromatic heterocycles. The fourth-order valence-electron chi connectivity index (χ4n) is 1.54. The number of benzene rings is 1. The molecule has 0 amide bonds. The van der Waals surface area contributed by atoms with Crippen molar-refractivity contribution >= 4 is 6.21 Å². The summed E-state index contributed by atoms with van der Waals surface area (Å²) in [5.41, 5.74) is 3.00. The first-order valence-corrected chi connectivity index (χ1v) is 5.49. The Bertz CT molecular complexity index is 517. The van der Waals surface area contributed by atoms with Crippen LogP contribution in [0, 0.1) is 0 Å². The summed E-state index contributed by atoms with van der Waals surface area (Å²) in [4.78, 5) is 8.73. The zero-order valence-corrected chi connectivity index (χ0v) is 9.67. The maximum absolute atomic E-state index is 5.09. The van der Waals surface area contributed by atoms with E-state index in [1.165, 1.54) is 0 Å². The molecular formula is C13H14N4. The predicted molar refractivity (Wildman–Crippen MR) is 68.6 cm³/mol. The minimum absolute atomic E-state index is 0.751. The van der Waals surface area contributed by atoms with Crippen molar-refractivity contribution in [2.75, 3.05) is 0 Å². The van der Waals surface area contributed by atoms with Crippen molar-refractivity contribution in [1.82, 2.24) is 9.97 Å². The highest BCUT2D eigenvalue weighted by molar-refractivity contribution is 5.80. The molecule has 0 saturated carbocycles. The van der Waals surface area contributed by atoms with Gasteiger partial charge in [0.1, 0.15) is 0 Å². The molecule has 1 aromatic carbocycles. The lowest BCUT2D eigenvalue weighted by Crippen LogP contribution is -1.93. The molecule has 1 heterocycles. The number of nitrogens with zero attached hydrogens (tertiary/aromatic N) is 3. The molecule has 0 aliphatic rings. The second-order valence-corrected chi connectivity index (χ2v) is 3.63. The molecule has 0 aliphatic heterocycles. The van der Waals surface area contributed by atoms with E-state index >= 15 is 0 Å². The van der Waals surface area contributed by atoms with Gasteiger partial charge in [0.05, 0.1) is 6.21 Å². The minimum Gasteiger partial charge on any atom is -0.323 e. The van der Waals surface area contributed by atoms with Crippen LogP contribution in [0.15, 0.2) is 41.6 Å². The number of hydrazone groups is 1. The molecule has 4 nitrogen and oxygen atoms in total. The average molecular weight is 226 g/mol. The molecule has 0 atom stereocenters. The summed E-state index contributed by atoms with van der Waals surface area (Å²) in [5, 5.41) is 3.48. The van der Waals surface area contributed by atoms with E-state index in [0.29, 0.717) is 0 Å². The van der Waals surface area contributed by atoms with Gasteiger partial charge in [-0.3, -0.25) is 0 Å². The largest absolute Gasteiger partial charge is 0.323 e. The topological polar surface area (TPSA) is 64.2 Å². The van der Waals surface area contributed by atoms with E-state index in [1.807, 2.05) is 30.3 Å². The Hall–Kier alpha value is -2.23. The van der Waals surface area contributed by atoms with Gasteiger partial charge in [-0.2, -0.15) is 5.10 Å². The zero-order chi connectivity index (χ0) is 12.1. The molecule has 2 aromatic rings. The maximum atomic E-state index is 5.09. The van der Waals surface area contributed by atoms with Gasteiger partial charge in [-0.1, -0.05) is 31.2 Å². The fourth-order valence-corrected chi connectivity index (χ4v) is 1.54. The van der Waals surface area contributed by atoms with E-state index < -0.39 is 0 Å². The number of rotatable bonds is 3. The molecule has 17 heavy (non-hydrogen) atoms. The summed E-state index contributed by atoms with van der Waals surface area (Å²) in [5.74, 6) is 5.84. The summed E-state index contributed by atoms with van der Waals surface area (Å²) in [7, 11) is 0. The third kappa shape index (κ3) is 2.66. The van der Waals surface area contributed by atoms with Gasteiger partial charge < -0.3 is 5.84 Å². The van der Waals surface area contributed by atoms with Gasteiger partial charge in [0.25, 0.3) is 0 Å². The van der Waals surface area contributed by atoms with E-state index in [9.17, 15) is 0 Å². The highest BCUT2D eigenvalue weighted by atomic mass is 15.1. The zero-order valence-electron chi connectivity index (χ0n) is 9.67. The van der Waals surface area contributed by atoms with Crippen LogP contribution in [0.2, 0.25) is 0 Å². The van der Waals surface area contributed by atoms with Crippen LogP contribution in [0.4, 0.5) is 0 Å². The molecule has 0 aliphatic carbocycles. The van der Waals surface area contributed by atoms with Gasteiger partial charge in [-0.25, -0.2) is 9.97 Å². The molecule has 2 N–H and O–H groups in total. The lowest BCUT2D eigenvalue weighted by molar-refractivity contribution is 1.00. The van der Waals surface area contributed by atoms with Crippen LogP contribution in [0.5, 0.6) is 0 Å². The van der Waals surface area contributed by atoms with E-state index in [0.717, 1.165) is 29.1 Å². The summed E-state index contributed by atoms with van der Waals surface area (Å²) >= 11 is 0. The molecule has 0 unspecified atom stereocenters. The molecule has 4 heteroatoms. The van der Waals surface area contributed by atoms with Crippen molar-refractivity contribution in [3.8, 4) is 11.4 Å². The normalized spacial score (nSPS) is 10.9. The van der Waals surface area contributed by atoms with Gasteiger partial charge in [0.2, 0.25) is 0 Å². The Morgan fingerprint density at radius 1 is 1.24 bits per heavy atom. The Kier molecular flexibility index (Phi) is 3.45. The van der Waals surface area contributed by atoms with Crippen LogP contribution in [0.1, 0.15) is 18.2 Å². The summed E-state index contributed by atoms with van der Waals surface area (Å²) in [6, 6.07) is 9.73. The van der Waals surface area contributed by atoms with Crippen molar-refractivity contribution < 1.29 is 0 Å². The van der Waals surface area contributed by atoms with Gasteiger partial charge in [-0.05, 0) is 18.1 Å². The monoisotopic (exact) mass is 226 g/mol. The lowest BCUT2D eigenvalue weighted by Gasteiger charge is -2.02. The van der Waals surface area contributed by atoms with Crippen molar-refractivity contribution in [2.24, 2.45) is 10.9 Å². The average Bonchev–Trinajstić information content (AvgIpc) is 2.40. The second kappa shape index (κ2) is 5.21. The van der Waals surface area contributed by atoms with Gasteiger partial charge in [-0.15, -0.1) is 0 Å². The smallest absolute Gasteiger partial charge is 0.159 e. The van der Waals surface area contributed by atoms with E-state index in [2.05, 4.69) is 22.0 Å². The Balaban J connectivity index is 2.32. The van der Waals surface area contributed by atoms with Crippen molar-refractivity contribution in [3.05, 3.63) is 47.8 Å². The summed E-state index contributed by atoms with van der Waals surface area (Å²) in [6.07, 6.45) is 4.30. The highest BCUT2D eigenvalue weighted by Crippen LogP contribution is 2.15. The second-order valence-electron chi connectivity index (χ2n) is 3.63. The third-order valence-corrected chi connectivity index (χ3v) is 2.47. The van der Waals surface area contributed by atoms with E-state index in [4.69, 9.17) is 5.84 Å². The number of hydrogen-bond donors (Lipinski definition) is 1. The Morgan fingerprint density at radius 2 is 2.00 bits per heavy atom. The van der Waals surface area contributed by atoms with Crippen molar-refractivity contribution in [3.63, 3.8) is 0 Å². The molecule has 2 rings (SSSR count). The molecule has 0 bridgehead atoms. The maximum Gasteiger partial charge on any atom is 0.159 e. The molecule has 0 saturated heterocycles. The van der Waals surface area contributed by atoms with Gasteiger partial charge in [0, 0.05) is 17.5 Å². The summed E-state index contributed by atoms with van der Waals surface area (Å²) in [6.45, 7) is 2.08. The van der Waals surface area contributed by atoms with Gasteiger partial charge in [0.15, 0.2) is 5.82 Å². The van der Waals surface area contributed by atoms with Crippen LogP contribution >= 0.6 is 0 Å². The van der Waals surface area contributed by atoms with E-state index in [1.54, 1.807) is 12.4 Å². The summed E-state index contributed by atoms with van der Waals surface area (Å²) < 4.78 is 0. The molecule has 0 spiro atoms. The Morgan fingerprint density at radius 3 is 2.65 bits per heavy atom. The van der Waals surface area contributed by atoms with Crippen LogP contribution in [-0.2, 0) is 6.42 Å². The first-order valence-electron chi connectivity index (χ1n) is 5.49. The molecular weight excluding hydrogens is 212 g/mol. The quantitative estimate of drug-likeness (QED) is 0.494. The third-order valence-electron chi connectivity index (χ3n) is 2.47. The minimum atomic E-state index is 0.751. The number of aromatic nitrogens is 2. The van der Waals surface area contributed by atoms with Crippen LogP contribution in [0.3, 0.4) is 0 Å². The number of aryl methyl sites for hydroxylation is 1. The fraction of sp³-hybridized carbons (Fsp3) is 0.154. The number of nitrogens with two attached hydrogens (primary N) is 1. The molecule has 86 valence electrons. The Labute approximate surface area is 100 Å². The van der Waals surface area contributed by atoms with Gasteiger partial charge >= 0.3 is 0 Å². The predicted octanol–water partition coefficient (Wildman–Crippen LogP) is 2.00. The van der Waals surface area contributed by atoms with Crippen molar-refractivity contribution in [1.29, 1.82) is 0 Å². The first-order chi connectivity index (χ1) is 8.33. The van der Waals surface area contributed by atoms with E-state index in [-0.39, 0.29) is 0 Å². The van der Waals surface area contributed by atoms with Crippen LogP contribution < -0.4 is 5.84 Å². The molecule has 0 fully saturated rings. The van der Waals surface area contributed by atoms with Crippen LogP contribution in [0.25, 0.3) is 11.4 Å². The van der Waals surface area contributed by atoms with Crippen molar-refractivity contribution in [2.45, 2.75) is 13.3 Å². The lowest BCUT2D eigenvalue weighted by atomic mass is 10.1.